The van der Waals surface area contributed by atoms with Gasteiger partial charge in [0, 0.05) is 39.8 Å². The van der Waals surface area contributed by atoms with Gasteiger partial charge in [-0.05, 0) is 24.6 Å². The van der Waals surface area contributed by atoms with E-state index >= 15 is 0 Å². The van der Waals surface area contributed by atoms with Gasteiger partial charge in [0.1, 0.15) is 0 Å². The molecule has 1 fully saturated rings. The van der Waals surface area contributed by atoms with Gasteiger partial charge in [-0.25, -0.2) is 4.98 Å². The smallest absolute Gasteiger partial charge is 0.261 e. The van der Waals surface area contributed by atoms with Crippen molar-refractivity contribution in [2.45, 2.75) is 18.6 Å². The Morgan fingerprint density at radius 2 is 1.83 bits per heavy atom. The van der Waals surface area contributed by atoms with Crippen LogP contribution in [0.4, 0.5) is 0 Å². The minimum Gasteiger partial charge on any atom is -0.339 e. The van der Waals surface area contributed by atoms with Crippen molar-refractivity contribution in [2.75, 3.05) is 31.9 Å². The molecule has 4 rings (SSSR count). The van der Waals surface area contributed by atoms with E-state index in [0.29, 0.717) is 16.1 Å². The molecule has 156 valence electrons. The molecule has 0 aliphatic carbocycles. The van der Waals surface area contributed by atoms with Gasteiger partial charge in [0.05, 0.1) is 16.7 Å². The summed E-state index contributed by atoms with van der Waals surface area (Å²) in [6, 6.07) is 15.9. The second kappa shape index (κ2) is 9.02. The normalized spacial score (nSPS) is 14.9. The highest BCUT2D eigenvalue weighted by Crippen LogP contribution is 2.18. The zero-order valence-corrected chi connectivity index (χ0v) is 18.2. The van der Waals surface area contributed by atoms with Crippen LogP contribution in [0.3, 0.4) is 0 Å². The van der Waals surface area contributed by atoms with Gasteiger partial charge >= 0.3 is 0 Å². The molecule has 0 saturated carbocycles. The van der Waals surface area contributed by atoms with Crippen LogP contribution in [0.15, 0.2) is 58.5 Å². The molecule has 2 heterocycles. The molecule has 2 aromatic carbocycles. The summed E-state index contributed by atoms with van der Waals surface area (Å²) in [5.41, 5.74) is 3.17. The first-order valence-corrected chi connectivity index (χ1v) is 11.1. The van der Waals surface area contributed by atoms with Crippen LogP contribution in [0.2, 0.25) is 0 Å². The number of hydrogen-bond donors (Lipinski definition) is 0. The number of para-hydroxylation sites is 1. The Balaban J connectivity index is 1.33. The van der Waals surface area contributed by atoms with Crippen LogP contribution in [-0.4, -0.2) is 57.2 Å². The first kappa shape index (κ1) is 20.6. The van der Waals surface area contributed by atoms with E-state index in [9.17, 15) is 9.59 Å². The number of aryl methyl sites for hydroxylation is 1. The highest BCUT2D eigenvalue weighted by Gasteiger charge is 2.22. The molecule has 0 unspecified atom stereocenters. The summed E-state index contributed by atoms with van der Waals surface area (Å²) in [5, 5.41) is 1.17. The molecule has 6 nitrogen and oxygen atoms in total. The van der Waals surface area contributed by atoms with Crippen LogP contribution in [0.25, 0.3) is 10.9 Å². The maximum absolute atomic E-state index is 12.7. The molecule has 0 N–H and O–H groups in total. The van der Waals surface area contributed by atoms with E-state index in [4.69, 9.17) is 0 Å². The first-order valence-electron chi connectivity index (χ1n) is 10.2. The lowest BCUT2D eigenvalue weighted by Gasteiger charge is -2.34. The molecule has 1 saturated heterocycles. The maximum Gasteiger partial charge on any atom is 0.261 e. The van der Waals surface area contributed by atoms with Gasteiger partial charge in [-0.1, -0.05) is 53.7 Å². The van der Waals surface area contributed by atoms with Gasteiger partial charge in [-0.3, -0.25) is 19.1 Å². The number of carbonyl (C=O) groups excluding carboxylic acids is 1. The van der Waals surface area contributed by atoms with Crippen molar-refractivity contribution in [2.24, 2.45) is 7.05 Å². The van der Waals surface area contributed by atoms with Crippen LogP contribution in [0, 0.1) is 6.92 Å². The predicted octanol–water partition coefficient (Wildman–Crippen LogP) is 2.68. The summed E-state index contributed by atoms with van der Waals surface area (Å²) in [5.74, 6) is 0.383. The highest BCUT2D eigenvalue weighted by atomic mass is 32.2. The predicted molar refractivity (Wildman–Crippen MR) is 121 cm³/mol. The Morgan fingerprint density at radius 1 is 1.07 bits per heavy atom. The molecule has 0 radical (unpaired) electrons. The average Bonchev–Trinajstić information content (AvgIpc) is 2.75. The average molecular weight is 423 g/mol. The number of amides is 1. The second-order valence-electron chi connectivity index (χ2n) is 7.71. The van der Waals surface area contributed by atoms with E-state index in [-0.39, 0.29) is 17.2 Å². The Hall–Kier alpha value is -2.64. The zero-order chi connectivity index (χ0) is 21.1. The van der Waals surface area contributed by atoms with Gasteiger partial charge < -0.3 is 4.90 Å². The number of aromatic nitrogens is 2. The number of rotatable bonds is 5. The lowest BCUT2D eigenvalue weighted by atomic mass is 10.1. The fourth-order valence-corrected chi connectivity index (χ4v) is 4.64. The van der Waals surface area contributed by atoms with Crippen molar-refractivity contribution in [3.05, 3.63) is 70.0 Å². The summed E-state index contributed by atoms with van der Waals surface area (Å²) >= 11 is 1.33. The van der Waals surface area contributed by atoms with E-state index in [0.717, 1.165) is 32.7 Å². The summed E-state index contributed by atoms with van der Waals surface area (Å²) < 4.78 is 1.53. The number of fused-ring (bicyclic) bond motifs is 1. The number of piperazine rings is 1. The minimum absolute atomic E-state index is 0.0830. The quantitative estimate of drug-likeness (QED) is 0.467. The van der Waals surface area contributed by atoms with Crippen LogP contribution in [-0.2, 0) is 18.4 Å². The maximum atomic E-state index is 12.7. The molecule has 0 spiro atoms. The fourth-order valence-electron chi connectivity index (χ4n) is 3.77. The third-order valence-corrected chi connectivity index (χ3v) is 6.50. The van der Waals surface area contributed by atoms with Crippen molar-refractivity contribution < 1.29 is 4.79 Å². The van der Waals surface area contributed by atoms with E-state index in [1.807, 2.05) is 23.1 Å². The summed E-state index contributed by atoms with van der Waals surface area (Å²) in [7, 11) is 1.71. The molecule has 3 aromatic rings. The van der Waals surface area contributed by atoms with Crippen molar-refractivity contribution in [3.8, 4) is 0 Å². The number of nitrogens with zero attached hydrogens (tertiary/aromatic N) is 4. The lowest BCUT2D eigenvalue weighted by molar-refractivity contribution is -0.130. The van der Waals surface area contributed by atoms with E-state index in [1.54, 1.807) is 13.1 Å². The highest BCUT2D eigenvalue weighted by molar-refractivity contribution is 7.99. The molecule has 1 aliphatic heterocycles. The van der Waals surface area contributed by atoms with Gasteiger partial charge in [0.25, 0.3) is 5.56 Å². The fraction of sp³-hybridized carbons (Fsp3) is 0.348. The van der Waals surface area contributed by atoms with Gasteiger partial charge in [0.2, 0.25) is 5.91 Å². The molecule has 0 atom stereocenters. The third kappa shape index (κ3) is 4.57. The number of carbonyl (C=O) groups is 1. The Kier molecular flexibility index (Phi) is 6.20. The van der Waals surface area contributed by atoms with E-state index in [2.05, 4.69) is 41.1 Å². The van der Waals surface area contributed by atoms with Gasteiger partial charge in [-0.15, -0.1) is 0 Å². The van der Waals surface area contributed by atoms with Crippen LogP contribution in [0.1, 0.15) is 11.1 Å². The van der Waals surface area contributed by atoms with Crippen molar-refractivity contribution in [1.82, 2.24) is 19.4 Å². The molecule has 1 amide bonds. The number of thioether (sulfide) groups is 1. The molecule has 30 heavy (non-hydrogen) atoms. The Bertz CT molecular complexity index is 1120. The van der Waals surface area contributed by atoms with Crippen molar-refractivity contribution in [3.63, 3.8) is 0 Å². The van der Waals surface area contributed by atoms with Gasteiger partial charge in [-0.2, -0.15) is 0 Å². The molecule has 1 aromatic heterocycles. The molecule has 7 heteroatoms. The molecular weight excluding hydrogens is 396 g/mol. The van der Waals surface area contributed by atoms with E-state index in [1.165, 1.54) is 27.5 Å². The topological polar surface area (TPSA) is 58.4 Å². The monoisotopic (exact) mass is 422 g/mol. The van der Waals surface area contributed by atoms with Crippen LogP contribution < -0.4 is 5.56 Å². The third-order valence-electron chi connectivity index (χ3n) is 5.48. The second-order valence-corrected chi connectivity index (χ2v) is 8.65. The van der Waals surface area contributed by atoms with Crippen LogP contribution in [0.5, 0.6) is 0 Å². The van der Waals surface area contributed by atoms with Crippen molar-refractivity contribution >= 4 is 28.6 Å². The Labute approximate surface area is 180 Å². The summed E-state index contributed by atoms with van der Waals surface area (Å²) in [4.78, 5) is 34.1. The standard InChI is InChI=1S/C23H26N4O2S/c1-17-6-5-7-18(14-17)15-26-10-12-27(13-11-26)21(28)16-30-23-24-20-9-4-3-8-19(20)22(29)25(23)2/h3-9,14H,10-13,15-16H2,1-2H3. The van der Waals surface area contributed by atoms with Crippen LogP contribution >= 0.6 is 11.8 Å². The summed E-state index contributed by atoms with van der Waals surface area (Å²) in [6.45, 7) is 6.23. The minimum atomic E-state index is -0.0830. The lowest BCUT2D eigenvalue weighted by Crippen LogP contribution is -2.48. The number of benzene rings is 2. The molecule has 1 aliphatic rings. The first-order chi connectivity index (χ1) is 14.5. The zero-order valence-electron chi connectivity index (χ0n) is 17.4. The number of hydrogen-bond acceptors (Lipinski definition) is 5. The SMILES string of the molecule is Cc1cccc(CN2CCN(C(=O)CSc3nc4ccccc4c(=O)n3C)CC2)c1. The largest absolute Gasteiger partial charge is 0.339 e. The molecule has 0 bridgehead atoms. The molecular formula is C23H26N4O2S. The van der Waals surface area contributed by atoms with E-state index < -0.39 is 0 Å². The van der Waals surface area contributed by atoms with Gasteiger partial charge in [0.15, 0.2) is 5.16 Å². The Morgan fingerprint density at radius 3 is 2.60 bits per heavy atom. The van der Waals surface area contributed by atoms with Crippen molar-refractivity contribution in [1.29, 1.82) is 0 Å². The summed E-state index contributed by atoms with van der Waals surface area (Å²) in [6.07, 6.45) is 0.